The van der Waals surface area contributed by atoms with Gasteiger partial charge in [-0.1, -0.05) is 32.4 Å². The van der Waals surface area contributed by atoms with Crippen LogP contribution in [0.15, 0.2) is 23.3 Å². The minimum atomic E-state index is -5.92. The van der Waals surface area contributed by atoms with Gasteiger partial charge in [-0.2, -0.15) is 32.1 Å². The first-order chi connectivity index (χ1) is 13.0. The Labute approximate surface area is 169 Å². The van der Waals surface area contributed by atoms with Gasteiger partial charge in [0, 0.05) is 16.9 Å². The van der Waals surface area contributed by atoms with E-state index >= 15 is 0 Å². The van der Waals surface area contributed by atoms with Gasteiger partial charge in [-0.05, 0) is 30.7 Å². The van der Waals surface area contributed by atoms with Crippen molar-refractivity contribution in [1.82, 2.24) is 5.01 Å². The molecule has 1 amide bonds. The molecule has 11 heteroatoms. The maximum atomic E-state index is 13.8. The number of nitrogens with zero attached hydrogens (tertiary/aromatic N) is 2. The molecule has 0 aliphatic carbocycles. The summed E-state index contributed by atoms with van der Waals surface area (Å²) in [4.78, 5) is 12.5. The van der Waals surface area contributed by atoms with Crippen LogP contribution in [0.25, 0.3) is 0 Å². The van der Waals surface area contributed by atoms with Gasteiger partial charge in [0.2, 0.25) is 0 Å². The molecule has 0 aromatic heterocycles. The Morgan fingerprint density at radius 3 is 2.34 bits per heavy atom. The highest BCUT2D eigenvalue weighted by molar-refractivity contribution is 6.31. The molecular weight excluding hydrogens is 423 g/mol. The highest BCUT2D eigenvalue weighted by atomic mass is 35.5. The number of aliphatic hydroxyl groups is 1. The molecule has 1 heterocycles. The van der Waals surface area contributed by atoms with Crippen molar-refractivity contribution in [3.8, 4) is 5.75 Å². The quantitative estimate of drug-likeness (QED) is 0.696. The van der Waals surface area contributed by atoms with E-state index in [-0.39, 0.29) is 10.8 Å². The summed E-state index contributed by atoms with van der Waals surface area (Å²) in [6.45, 7) is 5.11. The highest BCUT2D eigenvalue weighted by Crippen LogP contribution is 2.47. The van der Waals surface area contributed by atoms with Crippen LogP contribution in [-0.4, -0.2) is 46.2 Å². The first kappa shape index (κ1) is 23.3. The molecular formula is C18H20ClF5N2O3. The minimum Gasteiger partial charge on any atom is -0.484 e. The Morgan fingerprint density at radius 1 is 1.28 bits per heavy atom. The molecule has 1 N–H and O–H groups in total. The van der Waals surface area contributed by atoms with Crippen molar-refractivity contribution < 1.29 is 36.6 Å². The number of amides is 1. The molecule has 1 aliphatic rings. The lowest BCUT2D eigenvalue weighted by Gasteiger charge is -2.41. The summed E-state index contributed by atoms with van der Waals surface area (Å²) < 4.78 is 71.1. The first-order valence-corrected chi connectivity index (χ1v) is 8.85. The number of hydrogen-bond donors (Lipinski definition) is 1. The topological polar surface area (TPSA) is 62.1 Å². The number of halogens is 6. The summed E-state index contributed by atoms with van der Waals surface area (Å²) in [6.07, 6.45) is -7.07. The summed E-state index contributed by atoms with van der Waals surface area (Å²) >= 11 is 5.89. The number of hydrogen-bond acceptors (Lipinski definition) is 4. The Hall–Kier alpha value is -1.94. The summed E-state index contributed by atoms with van der Waals surface area (Å²) in [7, 11) is 0. The van der Waals surface area contributed by atoms with Gasteiger partial charge < -0.3 is 9.84 Å². The second-order valence-electron chi connectivity index (χ2n) is 7.77. The molecule has 29 heavy (non-hydrogen) atoms. The number of rotatable bonds is 4. The monoisotopic (exact) mass is 442 g/mol. The van der Waals surface area contributed by atoms with Gasteiger partial charge in [0.25, 0.3) is 5.91 Å². The molecule has 1 aromatic rings. The van der Waals surface area contributed by atoms with E-state index in [1.54, 1.807) is 6.92 Å². The average molecular weight is 443 g/mol. The van der Waals surface area contributed by atoms with Gasteiger partial charge in [-0.15, -0.1) is 0 Å². The number of carbonyl (C=O) groups excluding carboxylic acids is 1. The first-order valence-electron chi connectivity index (χ1n) is 8.47. The predicted molar refractivity (Wildman–Crippen MR) is 96.0 cm³/mol. The van der Waals surface area contributed by atoms with Crippen molar-refractivity contribution in [2.45, 2.75) is 51.9 Å². The van der Waals surface area contributed by atoms with Crippen molar-refractivity contribution in [1.29, 1.82) is 0 Å². The highest BCUT2D eigenvalue weighted by Gasteiger charge is 2.66. The Morgan fingerprint density at radius 2 is 1.86 bits per heavy atom. The number of carbonyl (C=O) groups is 1. The molecule has 0 saturated heterocycles. The number of hydrazone groups is 1. The zero-order chi connectivity index (χ0) is 22.4. The smallest absolute Gasteiger partial charge is 0.459 e. The van der Waals surface area contributed by atoms with Gasteiger partial charge >= 0.3 is 12.1 Å². The van der Waals surface area contributed by atoms with Crippen molar-refractivity contribution in [3.63, 3.8) is 0 Å². The van der Waals surface area contributed by atoms with Crippen LogP contribution in [0.5, 0.6) is 5.75 Å². The van der Waals surface area contributed by atoms with E-state index in [1.165, 1.54) is 39.0 Å². The molecule has 5 nitrogen and oxygen atoms in total. The predicted octanol–water partition coefficient (Wildman–Crippen LogP) is 4.55. The van der Waals surface area contributed by atoms with Crippen LogP contribution in [0.1, 0.15) is 32.8 Å². The normalized spacial score (nSPS) is 20.7. The lowest BCUT2D eigenvalue weighted by atomic mass is 9.79. The van der Waals surface area contributed by atoms with E-state index in [0.29, 0.717) is 10.6 Å². The average Bonchev–Trinajstić information content (AvgIpc) is 2.94. The van der Waals surface area contributed by atoms with Gasteiger partial charge in [0.15, 0.2) is 12.3 Å². The molecule has 1 atom stereocenters. The summed E-state index contributed by atoms with van der Waals surface area (Å²) in [6, 6.07) is 4.48. The number of alkyl halides is 5. The summed E-state index contributed by atoms with van der Waals surface area (Å²) in [5.74, 6) is -6.15. The zero-order valence-electron chi connectivity index (χ0n) is 16.1. The molecule has 0 saturated carbocycles. The van der Waals surface area contributed by atoms with Gasteiger partial charge in [0.05, 0.1) is 0 Å². The second-order valence-corrected chi connectivity index (χ2v) is 8.17. The summed E-state index contributed by atoms with van der Waals surface area (Å²) in [5.41, 5.74) is -4.67. The van der Waals surface area contributed by atoms with Crippen LogP contribution < -0.4 is 4.74 Å². The fourth-order valence-electron chi connectivity index (χ4n) is 2.64. The van der Waals surface area contributed by atoms with Gasteiger partial charge in [-0.25, -0.2) is 0 Å². The van der Waals surface area contributed by atoms with Crippen LogP contribution in [-0.2, 0) is 4.79 Å². The van der Waals surface area contributed by atoms with Crippen molar-refractivity contribution in [2.24, 2.45) is 10.5 Å². The Bertz CT molecular complexity index is 836. The van der Waals surface area contributed by atoms with Gasteiger partial charge in [0.1, 0.15) is 11.5 Å². The molecule has 1 aromatic carbocycles. The molecule has 0 spiro atoms. The molecule has 1 aliphatic heterocycles. The van der Waals surface area contributed by atoms with Crippen LogP contribution in [0.3, 0.4) is 0 Å². The van der Waals surface area contributed by atoms with Crippen LogP contribution in [0.4, 0.5) is 22.0 Å². The van der Waals surface area contributed by atoms with Crippen LogP contribution in [0, 0.1) is 12.3 Å². The van der Waals surface area contributed by atoms with E-state index < -0.39 is 47.9 Å². The maximum Gasteiger partial charge on any atom is 0.459 e. The third-order valence-corrected chi connectivity index (χ3v) is 5.06. The number of benzene rings is 1. The molecule has 0 radical (unpaired) electrons. The second kappa shape index (κ2) is 7.39. The van der Waals surface area contributed by atoms with E-state index in [4.69, 9.17) is 16.3 Å². The van der Waals surface area contributed by atoms with E-state index in [9.17, 15) is 31.9 Å². The van der Waals surface area contributed by atoms with E-state index in [1.807, 2.05) is 0 Å². The zero-order valence-corrected chi connectivity index (χ0v) is 16.8. The van der Waals surface area contributed by atoms with Gasteiger partial charge in [-0.3, -0.25) is 4.79 Å². The van der Waals surface area contributed by atoms with E-state index in [2.05, 4.69) is 5.10 Å². The van der Waals surface area contributed by atoms with Crippen LogP contribution in [0.2, 0.25) is 5.02 Å². The Balaban J connectivity index is 2.31. The standard InChI is InChI=1S/C18H20ClF5N2O3/c1-10-7-11(5-6-12(10)19)29-9-14(27)26-16(28,15(2,3)4)8-13(25-26)17(20,21)18(22,23)24/h5-7,28H,8-9H2,1-4H3/t16-/m0/s1. The molecule has 0 bridgehead atoms. The third kappa shape index (κ3) is 4.32. The van der Waals surface area contributed by atoms with Crippen molar-refractivity contribution >= 4 is 23.2 Å². The molecule has 162 valence electrons. The fraction of sp³-hybridized carbons (Fsp3) is 0.556. The van der Waals surface area contributed by atoms with Crippen LogP contribution >= 0.6 is 11.6 Å². The number of ether oxygens (including phenoxy) is 1. The maximum absolute atomic E-state index is 13.8. The van der Waals surface area contributed by atoms with Crippen molar-refractivity contribution in [2.75, 3.05) is 6.61 Å². The third-order valence-electron chi connectivity index (χ3n) is 4.63. The molecule has 2 rings (SSSR count). The fourth-order valence-corrected chi connectivity index (χ4v) is 2.76. The largest absolute Gasteiger partial charge is 0.484 e. The minimum absolute atomic E-state index is 0.226. The number of aryl methyl sites for hydroxylation is 1. The van der Waals surface area contributed by atoms with Crippen molar-refractivity contribution in [3.05, 3.63) is 28.8 Å². The molecule has 0 unspecified atom stereocenters. The Kier molecular flexibility index (Phi) is 5.95. The lowest BCUT2D eigenvalue weighted by Crippen LogP contribution is -2.56. The van der Waals surface area contributed by atoms with E-state index in [0.717, 1.165) is 0 Å². The molecule has 0 fully saturated rings. The SMILES string of the molecule is Cc1cc(OCC(=O)N2N=C(C(F)(F)C(F)(F)F)C[C@]2(O)C(C)(C)C)ccc1Cl. The summed E-state index contributed by atoms with van der Waals surface area (Å²) in [5, 5.41) is 14.7. The lowest BCUT2D eigenvalue weighted by molar-refractivity contribution is -0.250.